The van der Waals surface area contributed by atoms with Crippen molar-refractivity contribution in [3.8, 4) is 33.9 Å². The van der Waals surface area contributed by atoms with Crippen LogP contribution in [-0.4, -0.2) is 54.1 Å². The number of aromatic amines is 2. The molecule has 0 spiro atoms. The number of carbonyl (C=O) groups excluding carboxylic acids is 1. The first-order chi connectivity index (χ1) is 19.7. The van der Waals surface area contributed by atoms with Crippen LogP contribution in [0.5, 0.6) is 0 Å². The second-order valence-electron chi connectivity index (χ2n) is 10.1. The van der Waals surface area contributed by atoms with Crippen molar-refractivity contribution in [2.45, 2.75) is 19.3 Å². The van der Waals surface area contributed by atoms with Crippen LogP contribution in [0.4, 0.5) is 5.69 Å². The molecule has 1 amide bonds. The molecule has 10 nitrogen and oxygen atoms in total. The Labute approximate surface area is 229 Å². The number of rotatable bonds is 6. The predicted octanol–water partition coefficient (Wildman–Crippen LogP) is 4.95. The Bertz CT molecular complexity index is 1820. The SMILES string of the molecule is O=C(CC1CCNCC1)Nc1cncc(-c2cc3c(-c4nc5c(-c6cccnc6)cccc5[nH]4)n[nH]c3cn2)c1. The van der Waals surface area contributed by atoms with E-state index in [-0.39, 0.29) is 5.91 Å². The molecule has 5 aromatic heterocycles. The van der Waals surface area contributed by atoms with E-state index >= 15 is 0 Å². The molecule has 0 bridgehead atoms. The fraction of sp³-hybridized carbons (Fsp3) is 0.200. The molecule has 1 aliphatic heterocycles. The van der Waals surface area contributed by atoms with Gasteiger partial charge in [-0.3, -0.25) is 24.8 Å². The van der Waals surface area contributed by atoms with Crippen molar-refractivity contribution in [2.24, 2.45) is 5.92 Å². The number of benzene rings is 1. The Morgan fingerprint density at radius 3 is 2.73 bits per heavy atom. The van der Waals surface area contributed by atoms with E-state index in [2.05, 4.69) is 40.8 Å². The first-order valence-electron chi connectivity index (χ1n) is 13.4. The third kappa shape index (κ3) is 4.69. The highest BCUT2D eigenvalue weighted by Gasteiger charge is 2.18. The molecule has 10 heteroatoms. The summed E-state index contributed by atoms with van der Waals surface area (Å²) in [6.45, 7) is 1.94. The summed E-state index contributed by atoms with van der Waals surface area (Å²) >= 11 is 0. The number of piperidine rings is 1. The van der Waals surface area contributed by atoms with Gasteiger partial charge < -0.3 is 15.6 Å². The normalized spacial score (nSPS) is 14.1. The van der Waals surface area contributed by atoms with E-state index in [4.69, 9.17) is 4.98 Å². The minimum Gasteiger partial charge on any atom is -0.337 e. The van der Waals surface area contributed by atoms with Crippen LogP contribution < -0.4 is 10.6 Å². The highest BCUT2D eigenvalue weighted by Crippen LogP contribution is 2.32. The van der Waals surface area contributed by atoms with E-state index in [0.717, 1.165) is 70.3 Å². The molecule has 1 aliphatic rings. The summed E-state index contributed by atoms with van der Waals surface area (Å²) in [5.74, 6) is 1.09. The van der Waals surface area contributed by atoms with E-state index in [0.29, 0.717) is 29.5 Å². The number of amides is 1. The lowest BCUT2D eigenvalue weighted by molar-refractivity contribution is -0.117. The smallest absolute Gasteiger partial charge is 0.224 e. The van der Waals surface area contributed by atoms with Crippen molar-refractivity contribution in [1.82, 2.24) is 40.4 Å². The number of pyridine rings is 3. The van der Waals surface area contributed by atoms with Crippen LogP contribution in [0.1, 0.15) is 19.3 Å². The van der Waals surface area contributed by atoms with Crippen LogP contribution in [-0.2, 0) is 4.79 Å². The molecule has 1 fully saturated rings. The fourth-order valence-electron chi connectivity index (χ4n) is 5.36. The van der Waals surface area contributed by atoms with Gasteiger partial charge in [0.05, 0.1) is 40.3 Å². The van der Waals surface area contributed by atoms with Crippen molar-refractivity contribution in [3.63, 3.8) is 0 Å². The molecule has 1 saturated heterocycles. The lowest BCUT2D eigenvalue weighted by Gasteiger charge is -2.21. The molecule has 0 saturated carbocycles. The summed E-state index contributed by atoms with van der Waals surface area (Å²) in [7, 11) is 0. The van der Waals surface area contributed by atoms with Crippen molar-refractivity contribution in [3.05, 3.63) is 73.4 Å². The Balaban J connectivity index is 1.19. The van der Waals surface area contributed by atoms with Gasteiger partial charge in [-0.05, 0) is 56.1 Å². The molecule has 6 aromatic rings. The third-order valence-corrected chi connectivity index (χ3v) is 7.41. The highest BCUT2D eigenvalue weighted by molar-refractivity contribution is 5.98. The standard InChI is InChI=1S/C30H27N9O/c40-27(11-18-6-9-31-10-7-18)35-21-12-20(15-33-16-21)25-13-23-26(17-34-25)38-39-29(23)30-36-24-5-1-4-22(28(24)37-30)19-3-2-8-32-14-19/h1-5,8,12-18,31H,6-7,9-11H2,(H,35,40)(H,36,37)(H,38,39). The molecule has 4 N–H and O–H groups in total. The average molecular weight is 530 g/mol. The lowest BCUT2D eigenvalue weighted by Crippen LogP contribution is -2.30. The zero-order valence-electron chi connectivity index (χ0n) is 21.7. The second kappa shape index (κ2) is 10.3. The predicted molar refractivity (Wildman–Crippen MR) is 154 cm³/mol. The summed E-state index contributed by atoms with van der Waals surface area (Å²) in [5, 5.41) is 14.9. The Hall–Kier alpha value is -4.96. The summed E-state index contributed by atoms with van der Waals surface area (Å²) < 4.78 is 0. The quantitative estimate of drug-likeness (QED) is 0.239. The van der Waals surface area contributed by atoms with E-state index in [1.807, 2.05) is 48.7 Å². The lowest BCUT2D eigenvalue weighted by atomic mass is 9.94. The number of nitrogens with one attached hydrogen (secondary N) is 4. The van der Waals surface area contributed by atoms with Crippen LogP contribution in [0, 0.1) is 5.92 Å². The maximum absolute atomic E-state index is 12.7. The third-order valence-electron chi connectivity index (χ3n) is 7.41. The molecule has 40 heavy (non-hydrogen) atoms. The fourth-order valence-corrected chi connectivity index (χ4v) is 5.36. The van der Waals surface area contributed by atoms with Gasteiger partial charge in [0.2, 0.25) is 5.91 Å². The number of hydrogen-bond acceptors (Lipinski definition) is 7. The van der Waals surface area contributed by atoms with Gasteiger partial charge in [0.15, 0.2) is 5.82 Å². The van der Waals surface area contributed by atoms with Crippen LogP contribution in [0.3, 0.4) is 0 Å². The molecular weight excluding hydrogens is 502 g/mol. The number of nitrogens with zero attached hydrogens (tertiary/aromatic N) is 5. The van der Waals surface area contributed by atoms with Gasteiger partial charge in [0.1, 0.15) is 5.69 Å². The van der Waals surface area contributed by atoms with Crippen LogP contribution in [0.25, 0.3) is 55.8 Å². The molecule has 0 atom stereocenters. The van der Waals surface area contributed by atoms with Gasteiger partial charge in [0, 0.05) is 47.1 Å². The Morgan fingerprint density at radius 2 is 1.85 bits per heavy atom. The number of H-pyrrole nitrogens is 2. The molecule has 198 valence electrons. The average Bonchev–Trinajstić information content (AvgIpc) is 3.62. The summed E-state index contributed by atoms with van der Waals surface area (Å²) in [4.78, 5) is 34.3. The Morgan fingerprint density at radius 1 is 0.950 bits per heavy atom. The van der Waals surface area contributed by atoms with E-state index in [1.54, 1.807) is 24.8 Å². The van der Waals surface area contributed by atoms with E-state index < -0.39 is 0 Å². The number of imidazole rings is 1. The van der Waals surface area contributed by atoms with Gasteiger partial charge in [-0.25, -0.2) is 4.98 Å². The van der Waals surface area contributed by atoms with Crippen LogP contribution in [0.15, 0.2) is 73.4 Å². The molecule has 0 aliphatic carbocycles. The topological polar surface area (TPSA) is 137 Å². The van der Waals surface area contributed by atoms with Gasteiger partial charge in [0.25, 0.3) is 0 Å². The number of hydrogen-bond donors (Lipinski definition) is 4. The number of aromatic nitrogens is 7. The molecule has 0 unspecified atom stereocenters. The minimum atomic E-state index is 0.0157. The largest absolute Gasteiger partial charge is 0.337 e. The zero-order chi connectivity index (χ0) is 26.9. The number of fused-ring (bicyclic) bond motifs is 2. The van der Waals surface area contributed by atoms with E-state index in [1.165, 1.54) is 0 Å². The molecular formula is C30H27N9O. The number of anilines is 1. The summed E-state index contributed by atoms with van der Waals surface area (Å²) in [6.07, 6.45) is 11.3. The Kier molecular flexibility index (Phi) is 6.21. The minimum absolute atomic E-state index is 0.0157. The van der Waals surface area contributed by atoms with Crippen molar-refractivity contribution < 1.29 is 4.79 Å². The van der Waals surface area contributed by atoms with Gasteiger partial charge in [-0.1, -0.05) is 18.2 Å². The van der Waals surface area contributed by atoms with Gasteiger partial charge in [-0.2, -0.15) is 5.10 Å². The van der Waals surface area contributed by atoms with Crippen molar-refractivity contribution in [2.75, 3.05) is 18.4 Å². The molecule has 1 aromatic carbocycles. The maximum atomic E-state index is 12.7. The number of carbonyl (C=O) groups is 1. The zero-order valence-corrected chi connectivity index (χ0v) is 21.7. The van der Waals surface area contributed by atoms with Gasteiger partial charge >= 0.3 is 0 Å². The monoisotopic (exact) mass is 529 g/mol. The van der Waals surface area contributed by atoms with Gasteiger partial charge in [-0.15, -0.1) is 0 Å². The first kappa shape index (κ1) is 24.1. The molecule has 6 heterocycles. The van der Waals surface area contributed by atoms with Crippen LogP contribution in [0.2, 0.25) is 0 Å². The highest BCUT2D eigenvalue weighted by atomic mass is 16.1. The van der Waals surface area contributed by atoms with Crippen molar-refractivity contribution >= 4 is 33.5 Å². The van der Waals surface area contributed by atoms with Crippen molar-refractivity contribution in [1.29, 1.82) is 0 Å². The van der Waals surface area contributed by atoms with Crippen LogP contribution >= 0.6 is 0 Å². The number of para-hydroxylation sites is 1. The molecule has 7 rings (SSSR count). The first-order valence-corrected chi connectivity index (χ1v) is 13.4. The summed E-state index contributed by atoms with van der Waals surface area (Å²) in [5.41, 5.74) is 7.46. The second-order valence-corrected chi connectivity index (χ2v) is 10.1. The van der Waals surface area contributed by atoms with E-state index in [9.17, 15) is 4.79 Å². The molecule has 0 radical (unpaired) electrons. The maximum Gasteiger partial charge on any atom is 0.224 e. The summed E-state index contributed by atoms with van der Waals surface area (Å²) in [6, 6.07) is 13.9.